The summed E-state index contributed by atoms with van der Waals surface area (Å²) in [4.78, 5) is 6.84. The zero-order valence-electron chi connectivity index (χ0n) is 11.1. The van der Waals surface area contributed by atoms with Crippen LogP contribution in [0.1, 0.15) is 11.3 Å². The second-order valence-electron chi connectivity index (χ2n) is 5.42. The normalized spacial score (nSPS) is 32.6. The number of rotatable bonds is 5. The summed E-state index contributed by atoms with van der Waals surface area (Å²) >= 11 is 1.89. The summed E-state index contributed by atoms with van der Waals surface area (Å²) in [6.07, 6.45) is 2.47. The van der Waals surface area contributed by atoms with Gasteiger partial charge in [0.25, 0.3) is 0 Å². The van der Waals surface area contributed by atoms with Crippen LogP contribution in [0.2, 0.25) is 0 Å². The molecular formula is C14H23N3S. The Morgan fingerprint density at radius 1 is 1.39 bits per heavy atom. The van der Waals surface area contributed by atoms with Crippen LogP contribution in [-0.2, 0) is 6.42 Å². The smallest absolute Gasteiger partial charge is 0.0377 e. The lowest BCUT2D eigenvalue weighted by Crippen LogP contribution is -2.66. The molecule has 1 N–H and O–H groups in total. The standard InChI is InChI=1S/C14H23N3S/c1-15-13(5-4-12-3-2-10-18-12)14-11-16-6-8-17(14)9-7-16/h2-3,10,13-15H,4-9,11H2,1H3. The average molecular weight is 265 g/mol. The zero-order valence-corrected chi connectivity index (χ0v) is 12.0. The minimum Gasteiger partial charge on any atom is -0.315 e. The van der Waals surface area contributed by atoms with Gasteiger partial charge in [0.1, 0.15) is 0 Å². The van der Waals surface area contributed by atoms with Gasteiger partial charge >= 0.3 is 0 Å². The van der Waals surface area contributed by atoms with Crippen molar-refractivity contribution in [2.45, 2.75) is 24.9 Å². The summed E-state index contributed by atoms with van der Waals surface area (Å²) in [5.41, 5.74) is 0. The third kappa shape index (κ3) is 2.62. The van der Waals surface area contributed by atoms with E-state index in [2.05, 4.69) is 39.7 Å². The summed E-state index contributed by atoms with van der Waals surface area (Å²) in [6, 6.07) is 5.77. The molecule has 0 amide bonds. The van der Waals surface area contributed by atoms with Crippen molar-refractivity contribution in [3.8, 4) is 0 Å². The van der Waals surface area contributed by atoms with E-state index in [1.807, 2.05) is 11.3 Å². The molecule has 1 aromatic heterocycles. The monoisotopic (exact) mass is 265 g/mol. The molecule has 1 aromatic rings. The lowest BCUT2D eigenvalue weighted by Gasteiger charge is -2.50. The van der Waals surface area contributed by atoms with E-state index in [1.165, 1.54) is 50.4 Å². The van der Waals surface area contributed by atoms with Gasteiger partial charge in [-0.2, -0.15) is 0 Å². The van der Waals surface area contributed by atoms with Crippen LogP contribution in [0.15, 0.2) is 17.5 Å². The predicted octanol–water partition coefficient (Wildman–Crippen LogP) is 1.27. The van der Waals surface area contributed by atoms with Gasteiger partial charge in [-0.25, -0.2) is 0 Å². The Balaban J connectivity index is 1.58. The van der Waals surface area contributed by atoms with Crippen molar-refractivity contribution in [3.63, 3.8) is 0 Å². The van der Waals surface area contributed by atoms with Gasteiger partial charge in [0, 0.05) is 49.7 Å². The van der Waals surface area contributed by atoms with Crippen molar-refractivity contribution in [3.05, 3.63) is 22.4 Å². The molecule has 3 fully saturated rings. The third-order valence-corrected chi connectivity index (χ3v) is 5.37. The third-order valence-electron chi connectivity index (χ3n) is 4.44. The second-order valence-corrected chi connectivity index (χ2v) is 6.45. The van der Waals surface area contributed by atoms with Gasteiger partial charge in [-0.05, 0) is 31.3 Å². The number of hydrogen-bond donors (Lipinski definition) is 1. The number of nitrogens with one attached hydrogen (secondary N) is 1. The highest BCUT2D eigenvalue weighted by Crippen LogP contribution is 2.21. The number of thiophene rings is 1. The van der Waals surface area contributed by atoms with Crippen molar-refractivity contribution in [1.82, 2.24) is 15.1 Å². The molecule has 0 spiro atoms. The molecule has 0 saturated carbocycles. The highest BCUT2D eigenvalue weighted by Gasteiger charge is 2.35. The lowest BCUT2D eigenvalue weighted by atomic mass is 9.96. The van der Waals surface area contributed by atoms with Gasteiger partial charge in [-0.1, -0.05) is 6.07 Å². The first kappa shape index (κ1) is 12.6. The van der Waals surface area contributed by atoms with E-state index in [9.17, 15) is 0 Å². The van der Waals surface area contributed by atoms with Crippen molar-refractivity contribution in [2.24, 2.45) is 0 Å². The van der Waals surface area contributed by atoms with Crippen molar-refractivity contribution in [1.29, 1.82) is 0 Å². The summed E-state index contributed by atoms with van der Waals surface area (Å²) in [5.74, 6) is 0. The first-order chi connectivity index (χ1) is 8.86. The summed E-state index contributed by atoms with van der Waals surface area (Å²) < 4.78 is 0. The highest BCUT2D eigenvalue weighted by atomic mass is 32.1. The van der Waals surface area contributed by atoms with E-state index in [4.69, 9.17) is 0 Å². The molecule has 4 heterocycles. The summed E-state index contributed by atoms with van der Waals surface area (Å²) in [7, 11) is 2.12. The molecule has 3 aliphatic heterocycles. The number of nitrogens with zero attached hydrogens (tertiary/aromatic N) is 2. The minimum absolute atomic E-state index is 0.634. The topological polar surface area (TPSA) is 18.5 Å². The van der Waals surface area contributed by atoms with Crippen LogP contribution in [-0.4, -0.2) is 61.7 Å². The maximum atomic E-state index is 3.56. The van der Waals surface area contributed by atoms with Gasteiger partial charge in [0.2, 0.25) is 0 Å². The molecule has 2 bridgehead atoms. The second kappa shape index (κ2) is 5.70. The van der Waals surface area contributed by atoms with E-state index in [0.717, 1.165) is 6.04 Å². The van der Waals surface area contributed by atoms with Crippen molar-refractivity contribution in [2.75, 3.05) is 39.8 Å². The fraction of sp³-hybridized carbons (Fsp3) is 0.714. The zero-order chi connectivity index (χ0) is 12.4. The molecule has 0 radical (unpaired) electrons. The molecule has 3 nitrogen and oxygen atoms in total. The highest BCUT2D eigenvalue weighted by molar-refractivity contribution is 7.09. The Bertz CT molecular complexity index is 357. The Morgan fingerprint density at radius 2 is 2.22 bits per heavy atom. The van der Waals surface area contributed by atoms with Gasteiger partial charge in [-0.15, -0.1) is 11.3 Å². The lowest BCUT2D eigenvalue weighted by molar-refractivity contribution is -0.00324. The maximum Gasteiger partial charge on any atom is 0.0377 e. The molecule has 0 aliphatic carbocycles. The fourth-order valence-corrected chi connectivity index (χ4v) is 4.05. The Morgan fingerprint density at radius 3 is 2.78 bits per heavy atom. The molecule has 3 aliphatic rings. The average Bonchev–Trinajstić information content (AvgIpc) is 2.94. The Hall–Kier alpha value is -0.420. The van der Waals surface area contributed by atoms with Gasteiger partial charge < -0.3 is 5.32 Å². The molecule has 0 aromatic carbocycles. The summed E-state index contributed by atoms with van der Waals surface area (Å²) in [5, 5.41) is 5.74. The van der Waals surface area contributed by atoms with Crippen LogP contribution >= 0.6 is 11.3 Å². The van der Waals surface area contributed by atoms with E-state index >= 15 is 0 Å². The minimum atomic E-state index is 0.634. The molecule has 18 heavy (non-hydrogen) atoms. The first-order valence-corrected chi connectivity index (χ1v) is 7.91. The molecule has 2 unspecified atom stereocenters. The van der Waals surface area contributed by atoms with Crippen molar-refractivity contribution < 1.29 is 0 Å². The number of hydrogen-bond acceptors (Lipinski definition) is 4. The molecule has 4 rings (SSSR count). The Labute approximate surface area is 114 Å². The number of fused-ring (bicyclic) bond motifs is 3. The van der Waals surface area contributed by atoms with Crippen LogP contribution in [0.4, 0.5) is 0 Å². The van der Waals surface area contributed by atoms with Crippen LogP contribution in [0.5, 0.6) is 0 Å². The Kier molecular flexibility index (Phi) is 3.99. The molecule has 3 saturated heterocycles. The molecule has 100 valence electrons. The van der Waals surface area contributed by atoms with E-state index in [1.54, 1.807) is 0 Å². The van der Waals surface area contributed by atoms with E-state index in [-0.39, 0.29) is 0 Å². The fourth-order valence-electron chi connectivity index (χ4n) is 3.32. The van der Waals surface area contributed by atoms with Crippen LogP contribution < -0.4 is 5.32 Å². The van der Waals surface area contributed by atoms with Gasteiger partial charge in [-0.3, -0.25) is 9.80 Å². The molecule has 2 atom stereocenters. The number of aryl methyl sites for hydroxylation is 1. The molecular weight excluding hydrogens is 242 g/mol. The van der Waals surface area contributed by atoms with Crippen LogP contribution in [0.3, 0.4) is 0 Å². The number of piperazine rings is 3. The van der Waals surface area contributed by atoms with Gasteiger partial charge in [0.05, 0.1) is 0 Å². The van der Waals surface area contributed by atoms with E-state index in [0.29, 0.717) is 6.04 Å². The number of likely N-dealkylation sites (N-methyl/N-ethyl adjacent to an activating group) is 1. The van der Waals surface area contributed by atoms with Crippen LogP contribution in [0.25, 0.3) is 0 Å². The predicted molar refractivity (Wildman–Crippen MR) is 77.3 cm³/mol. The van der Waals surface area contributed by atoms with Crippen molar-refractivity contribution >= 4 is 11.3 Å². The quantitative estimate of drug-likeness (QED) is 0.865. The summed E-state index contributed by atoms with van der Waals surface area (Å²) in [6.45, 7) is 6.34. The van der Waals surface area contributed by atoms with Gasteiger partial charge in [0.15, 0.2) is 0 Å². The first-order valence-electron chi connectivity index (χ1n) is 7.03. The largest absolute Gasteiger partial charge is 0.315 e. The maximum absolute atomic E-state index is 3.56. The van der Waals surface area contributed by atoms with E-state index < -0.39 is 0 Å². The SMILES string of the molecule is CNC(CCc1cccs1)C1CN2CCN1CC2. The molecule has 4 heteroatoms. The van der Waals surface area contributed by atoms with Crippen LogP contribution in [0, 0.1) is 0 Å².